The Bertz CT molecular complexity index is 1020. The topological polar surface area (TPSA) is 88.2 Å². The summed E-state index contributed by atoms with van der Waals surface area (Å²) in [5, 5.41) is 2.41. The lowest BCUT2D eigenvalue weighted by Gasteiger charge is -2.36. The summed E-state index contributed by atoms with van der Waals surface area (Å²) in [5.74, 6) is -1.07. The van der Waals surface area contributed by atoms with E-state index >= 15 is 0 Å². The maximum absolute atomic E-state index is 12.9. The minimum Gasteiger partial charge on any atom is -0.497 e. The van der Waals surface area contributed by atoms with Gasteiger partial charge in [0.2, 0.25) is 0 Å². The van der Waals surface area contributed by atoms with E-state index in [0.717, 1.165) is 12.1 Å². The summed E-state index contributed by atoms with van der Waals surface area (Å²) in [6.07, 6.45) is -4.42. The predicted octanol–water partition coefficient (Wildman–Crippen LogP) is 2.34. The number of piperazine rings is 1. The molecule has 1 saturated heterocycles. The van der Waals surface area contributed by atoms with Crippen LogP contribution < -0.4 is 15.0 Å². The number of ether oxygens (including phenoxy) is 2. The molecular weight excluding hydrogens is 455 g/mol. The normalized spacial score (nSPS) is 13.9. The largest absolute Gasteiger partial charge is 0.497 e. The molecule has 2 aromatic rings. The van der Waals surface area contributed by atoms with E-state index in [2.05, 4.69) is 5.32 Å². The summed E-state index contributed by atoms with van der Waals surface area (Å²) in [5.41, 5.74) is 0.0405. The molecule has 0 saturated carbocycles. The number of nitrogens with zero attached hydrogens (tertiary/aromatic N) is 2. The van der Waals surface area contributed by atoms with E-state index < -0.39 is 42.7 Å². The van der Waals surface area contributed by atoms with Crippen LogP contribution in [0.15, 0.2) is 48.5 Å². The maximum Gasteiger partial charge on any atom is 0.416 e. The van der Waals surface area contributed by atoms with Crippen molar-refractivity contribution < 1.29 is 37.0 Å². The van der Waals surface area contributed by atoms with Crippen LogP contribution in [0.4, 0.5) is 18.9 Å². The molecule has 0 unspecified atom stereocenters. The fraction of sp³-hybridized carbons (Fsp3) is 0.348. The Hall–Kier alpha value is -3.76. The zero-order valence-electron chi connectivity index (χ0n) is 18.4. The van der Waals surface area contributed by atoms with E-state index in [4.69, 9.17) is 9.47 Å². The van der Waals surface area contributed by atoms with Gasteiger partial charge in [-0.15, -0.1) is 0 Å². The molecule has 1 aliphatic rings. The first-order valence-corrected chi connectivity index (χ1v) is 10.5. The highest BCUT2D eigenvalue weighted by atomic mass is 19.4. The van der Waals surface area contributed by atoms with Gasteiger partial charge in [-0.2, -0.15) is 13.2 Å². The molecule has 34 heavy (non-hydrogen) atoms. The van der Waals surface area contributed by atoms with Crippen LogP contribution in [0, 0.1) is 0 Å². The first-order valence-electron chi connectivity index (χ1n) is 10.5. The Morgan fingerprint density at radius 1 is 1.00 bits per heavy atom. The fourth-order valence-corrected chi connectivity index (χ4v) is 3.37. The molecule has 0 bridgehead atoms. The zero-order valence-corrected chi connectivity index (χ0v) is 18.4. The summed E-state index contributed by atoms with van der Waals surface area (Å²) >= 11 is 0. The van der Waals surface area contributed by atoms with Crippen LogP contribution in [0.2, 0.25) is 0 Å². The van der Waals surface area contributed by atoms with Gasteiger partial charge in [0.25, 0.3) is 11.8 Å². The van der Waals surface area contributed by atoms with E-state index in [9.17, 15) is 27.6 Å². The number of hydrogen-bond acceptors (Lipinski definition) is 6. The molecule has 1 fully saturated rings. The number of nitrogens with one attached hydrogen (secondary N) is 1. The molecule has 1 heterocycles. The molecule has 8 nitrogen and oxygen atoms in total. The highest BCUT2D eigenvalue weighted by Gasteiger charge is 2.31. The number of alkyl halides is 3. The average molecular weight is 479 g/mol. The monoisotopic (exact) mass is 479 g/mol. The Morgan fingerprint density at radius 3 is 2.29 bits per heavy atom. The van der Waals surface area contributed by atoms with Crippen molar-refractivity contribution in [1.29, 1.82) is 0 Å². The third kappa shape index (κ3) is 6.63. The minimum absolute atomic E-state index is 0.279. The van der Waals surface area contributed by atoms with Gasteiger partial charge in [0.1, 0.15) is 12.3 Å². The molecule has 0 spiro atoms. The summed E-state index contributed by atoms with van der Waals surface area (Å²) in [7, 11) is 1.50. The SMILES string of the molecule is COc1ccc(C(=O)NCC(=O)OCC(=O)N2CCN(c3cccc(C(F)(F)F)c3)CC2)cc1. The van der Waals surface area contributed by atoms with Gasteiger partial charge in [0, 0.05) is 37.4 Å². The molecule has 1 N–H and O–H groups in total. The van der Waals surface area contributed by atoms with Crippen LogP contribution in [0.1, 0.15) is 15.9 Å². The van der Waals surface area contributed by atoms with Crippen LogP contribution in [0.5, 0.6) is 5.75 Å². The van der Waals surface area contributed by atoms with Gasteiger partial charge in [-0.1, -0.05) is 6.07 Å². The predicted molar refractivity (Wildman–Crippen MR) is 117 cm³/mol. The van der Waals surface area contributed by atoms with Crippen molar-refractivity contribution in [2.24, 2.45) is 0 Å². The Morgan fingerprint density at radius 2 is 1.68 bits per heavy atom. The number of hydrogen-bond donors (Lipinski definition) is 1. The van der Waals surface area contributed by atoms with Crippen molar-refractivity contribution in [3.05, 3.63) is 59.7 Å². The fourth-order valence-electron chi connectivity index (χ4n) is 3.37. The molecule has 11 heteroatoms. The van der Waals surface area contributed by atoms with Gasteiger partial charge >= 0.3 is 12.1 Å². The average Bonchev–Trinajstić information content (AvgIpc) is 2.85. The number of methoxy groups -OCH3 is 1. The van der Waals surface area contributed by atoms with Crippen molar-refractivity contribution >= 4 is 23.5 Å². The third-order valence-corrected chi connectivity index (χ3v) is 5.27. The van der Waals surface area contributed by atoms with Crippen molar-refractivity contribution in [1.82, 2.24) is 10.2 Å². The number of esters is 1. The summed E-state index contributed by atoms with van der Waals surface area (Å²) in [6.45, 7) is 0.363. The second-order valence-electron chi connectivity index (χ2n) is 7.49. The maximum atomic E-state index is 12.9. The Kier molecular flexibility index (Phi) is 7.98. The number of halogens is 3. The van der Waals surface area contributed by atoms with E-state index in [-0.39, 0.29) is 13.1 Å². The second kappa shape index (κ2) is 10.9. The Labute approximate surface area is 194 Å². The number of rotatable bonds is 7. The van der Waals surface area contributed by atoms with Crippen molar-refractivity contribution in [2.45, 2.75) is 6.18 Å². The summed E-state index contributed by atoms with van der Waals surface area (Å²) < 4.78 is 48.7. The standard InChI is InChI=1S/C23H24F3N3O5/c1-33-19-7-5-16(6-8-19)22(32)27-14-21(31)34-15-20(30)29-11-9-28(10-12-29)18-4-2-3-17(13-18)23(24,25)26/h2-8,13H,9-12,14-15H2,1H3,(H,27,32). The number of benzene rings is 2. The molecule has 182 valence electrons. The van der Waals surface area contributed by atoms with Crippen molar-refractivity contribution in [2.75, 3.05) is 51.3 Å². The first-order chi connectivity index (χ1) is 16.2. The van der Waals surface area contributed by atoms with E-state index in [0.29, 0.717) is 30.1 Å². The van der Waals surface area contributed by atoms with Crippen LogP contribution in [0.25, 0.3) is 0 Å². The number of anilines is 1. The lowest BCUT2D eigenvalue weighted by molar-refractivity contribution is -0.151. The molecule has 2 amide bonds. The molecule has 0 radical (unpaired) electrons. The lowest BCUT2D eigenvalue weighted by atomic mass is 10.1. The molecule has 1 aliphatic heterocycles. The van der Waals surface area contributed by atoms with Gasteiger partial charge in [-0.25, -0.2) is 0 Å². The van der Waals surface area contributed by atoms with E-state index in [1.165, 1.54) is 18.1 Å². The third-order valence-electron chi connectivity index (χ3n) is 5.27. The lowest BCUT2D eigenvalue weighted by Crippen LogP contribution is -2.50. The summed E-state index contributed by atoms with van der Waals surface area (Å²) in [4.78, 5) is 39.5. The molecule has 0 aliphatic carbocycles. The Balaban J connectivity index is 1.40. The molecule has 3 rings (SSSR count). The second-order valence-corrected chi connectivity index (χ2v) is 7.49. The number of amides is 2. The van der Waals surface area contributed by atoms with Crippen LogP contribution in [0.3, 0.4) is 0 Å². The van der Waals surface area contributed by atoms with Gasteiger partial charge in [-0.3, -0.25) is 14.4 Å². The minimum atomic E-state index is -4.42. The molecule has 0 aromatic heterocycles. The van der Waals surface area contributed by atoms with Gasteiger partial charge in [0.15, 0.2) is 6.61 Å². The molecule has 2 aromatic carbocycles. The van der Waals surface area contributed by atoms with Gasteiger partial charge in [-0.05, 0) is 42.5 Å². The summed E-state index contributed by atoms with van der Waals surface area (Å²) in [6, 6.07) is 11.3. The van der Waals surface area contributed by atoms with Gasteiger partial charge < -0.3 is 24.6 Å². The van der Waals surface area contributed by atoms with E-state index in [1.54, 1.807) is 35.2 Å². The quantitative estimate of drug-likeness (QED) is 0.614. The number of carbonyl (C=O) groups excluding carboxylic acids is 3. The first kappa shape index (κ1) is 24.9. The van der Waals surface area contributed by atoms with E-state index in [1.807, 2.05) is 0 Å². The molecular formula is C23H24F3N3O5. The van der Waals surface area contributed by atoms with Crippen LogP contribution in [-0.2, 0) is 20.5 Å². The van der Waals surface area contributed by atoms with Crippen LogP contribution in [-0.4, -0.2) is 69.1 Å². The van der Waals surface area contributed by atoms with Crippen LogP contribution >= 0.6 is 0 Å². The molecule has 0 atom stereocenters. The highest BCUT2D eigenvalue weighted by molar-refractivity contribution is 5.96. The van der Waals surface area contributed by atoms with Crippen molar-refractivity contribution in [3.63, 3.8) is 0 Å². The van der Waals surface area contributed by atoms with Gasteiger partial charge in [0.05, 0.1) is 12.7 Å². The zero-order chi connectivity index (χ0) is 24.7. The highest BCUT2D eigenvalue weighted by Crippen LogP contribution is 2.31. The van der Waals surface area contributed by atoms with Crippen molar-refractivity contribution in [3.8, 4) is 5.75 Å². The number of carbonyl (C=O) groups is 3. The smallest absolute Gasteiger partial charge is 0.416 e.